The third kappa shape index (κ3) is 2.62. The Hall–Kier alpha value is -1.46. The van der Waals surface area contributed by atoms with Crippen molar-refractivity contribution in [2.45, 2.75) is 33.4 Å². The normalized spacial score (nSPS) is 15.5. The molecule has 100 valence electrons. The molecule has 0 amide bonds. The maximum atomic E-state index is 5.07. The second-order valence-electron chi connectivity index (χ2n) is 5.26. The lowest BCUT2D eigenvalue weighted by molar-refractivity contribution is 0.242. The van der Waals surface area contributed by atoms with Crippen LogP contribution >= 0.6 is 12.2 Å². The minimum absolute atomic E-state index is 0.587. The predicted octanol–water partition coefficient (Wildman–Crippen LogP) is 2.64. The van der Waals surface area contributed by atoms with Crippen LogP contribution in [-0.4, -0.2) is 26.4 Å². The Morgan fingerprint density at radius 3 is 2.95 bits per heavy atom. The fraction of sp³-hybridized carbons (Fsp3) is 0.429. The van der Waals surface area contributed by atoms with E-state index in [0.29, 0.717) is 4.77 Å². The monoisotopic (exact) mass is 274 g/mol. The molecule has 0 radical (unpaired) electrons. The molecule has 3 heterocycles. The van der Waals surface area contributed by atoms with Gasteiger partial charge in [-0.15, -0.1) is 0 Å². The lowest BCUT2D eigenvalue weighted by atomic mass is 10.1. The van der Waals surface area contributed by atoms with Gasteiger partial charge in [0.15, 0.2) is 4.77 Å². The molecule has 5 heteroatoms. The van der Waals surface area contributed by atoms with Crippen LogP contribution in [0.1, 0.15) is 28.2 Å². The molecule has 1 aliphatic heterocycles. The molecule has 0 aromatic carbocycles. The summed E-state index contributed by atoms with van der Waals surface area (Å²) in [6, 6.07) is 2.24. The first kappa shape index (κ1) is 12.6. The van der Waals surface area contributed by atoms with Gasteiger partial charge in [-0.3, -0.25) is 4.90 Å². The molecule has 0 spiro atoms. The average Bonchev–Trinajstić information content (AvgIpc) is 2.68. The molecular formula is C14H18N4S. The molecule has 0 saturated carbocycles. The average molecular weight is 274 g/mol. The molecule has 0 fully saturated rings. The number of nitrogens with one attached hydrogen (secondary N) is 2. The first-order valence-electron chi connectivity index (χ1n) is 6.56. The molecule has 2 N–H and O–H groups in total. The molecule has 0 saturated heterocycles. The van der Waals surface area contributed by atoms with Crippen LogP contribution < -0.4 is 0 Å². The number of aromatic nitrogens is 3. The second kappa shape index (κ2) is 4.90. The number of hydrogen-bond donors (Lipinski definition) is 2. The van der Waals surface area contributed by atoms with E-state index < -0.39 is 0 Å². The molecule has 4 nitrogen and oxygen atoms in total. The van der Waals surface area contributed by atoms with E-state index in [9.17, 15) is 0 Å². The van der Waals surface area contributed by atoms with Crippen molar-refractivity contribution in [3.05, 3.63) is 45.2 Å². The molecule has 0 atom stereocenters. The van der Waals surface area contributed by atoms with Crippen LogP contribution in [0.3, 0.4) is 0 Å². The Morgan fingerprint density at radius 2 is 2.21 bits per heavy atom. The van der Waals surface area contributed by atoms with Gasteiger partial charge in [-0.25, -0.2) is 4.98 Å². The molecule has 0 aliphatic carbocycles. The summed E-state index contributed by atoms with van der Waals surface area (Å²) in [5.74, 6) is 0. The highest BCUT2D eigenvalue weighted by molar-refractivity contribution is 7.71. The van der Waals surface area contributed by atoms with Crippen molar-refractivity contribution in [2.24, 2.45) is 0 Å². The van der Waals surface area contributed by atoms with Crippen LogP contribution in [0.4, 0.5) is 0 Å². The highest BCUT2D eigenvalue weighted by Gasteiger charge is 2.18. The van der Waals surface area contributed by atoms with E-state index >= 15 is 0 Å². The van der Waals surface area contributed by atoms with Gasteiger partial charge in [0, 0.05) is 54.9 Å². The quantitative estimate of drug-likeness (QED) is 0.828. The largest absolute Gasteiger partial charge is 0.362 e. The summed E-state index contributed by atoms with van der Waals surface area (Å²) in [5.41, 5.74) is 6.41. The fourth-order valence-corrected chi connectivity index (χ4v) is 2.90. The Kier molecular flexibility index (Phi) is 3.24. The third-order valence-corrected chi connectivity index (χ3v) is 3.91. The van der Waals surface area contributed by atoms with Gasteiger partial charge in [-0.1, -0.05) is 0 Å². The van der Waals surface area contributed by atoms with Gasteiger partial charge in [-0.2, -0.15) is 0 Å². The smallest absolute Gasteiger partial charge is 0.196 e. The van der Waals surface area contributed by atoms with Crippen LogP contribution in [0.2, 0.25) is 0 Å². The maximum Gasteiger partial charge on any atom is 0.196 e. The van der Waals surface area contributed by atoms with Crippen molar-refractivity contribution >= 4 is 12.2 Å². The van der Waals surface area contributed by atoms with Crippen molar-refractivity contribution in [3.8, 4) is 0 Å². The van der Waals surface area contributed by atoms with Gasteiger partial charge < -0.3 is 9.97 Å². The van der Waals surface area contributed by atoms with Crippen LogP contribution in [0.25, 0.3) is 0 Å². The molecule has 0 bridgehead atoms. The Morgan fingerprint density at radius 1 is 1.37 bits per heavy atom. The van der Waals surface area contributed by atoms with Gasteiger partial charge in [0.05, 0.1) is 0 Å². The molecule has 2 aromatic rings. The third-order valence-electron chi connectivity index (χ3n) is 3.71. The molecular weight excluding hydrogens is 256 g/mol. The number of aromatic amines is 2. The summed E-state index contributed by atoms with van der Waals surface area (Å²) >= 11 is 5.07. The summed E-state index contributed by atoms with van der Waals surface area (Å²) in [6.45, 7) is 7.24. The lowest BCUT2D eigenvalue weighted by Gasteiger charge is -2.28. The van der Waals surface area contributed by atoms with Crippen LogP contribution in [0.15, 0.2) is 12.3 Å². The number of rotatable bonds is 2. The van der Waals surface area contributed by atoms with E-state index in [4.69, 9.17) is 12.2 Å². The number of fused-ring (bicyclic) bond motifs is 1. The Labute approximate surface area is 117 Å². The number of H-pyrrole nitrogens is 2. The van der Waals surface area contributed by atoms with Gasteiger partial charge in [0.2, 0.25) is 0 Å². The topological polar surface area (TPSA) is 47.7 Å². The highest BCUT2D eigenvalue weighted by atomic mass is 32.1. The van der Waals surface area contributed by atoms with E-state index in [1.807, 2.05) is 6.20 Å². The Bertz CT molecular complexity index is 656. The van der Waals surface area contributed by atoms with E-state index in [-0.39, 0.29) is 0 Å². The zero-order valence-electron chi connectivity index (χ0n) is 11.3. The zero-order chi connectivity index (χ0) is 13.4. The van der Waals surface area contributed by atoms with Crippen molar-refractivity contribution in [1.82, 2.24) is 19.9 Å². The first-order chi connectivity index (χ1) is 9.11. The van der Waals surface area contributed by atoms with Gasteiger partial charge in [-0.05, 0) is 37.7 Å². The minimum atomic E-state index is 0.587. The summed E-state index contributed by atoms with van der Waals surface area (Å²) in [4.78, 5) is 13.2. The van der Waals surface area contributed by atoms with Crippen LogP contribution in [-0.2, 0) is 19.5 Å². The van der Waals surface area contributed by atoms with Crippen LogP contribution in [0, 0.1) is 18.6 Å². The summed E-state index contributed by atoms with van der Waals surface area (Å²) < 4.78 is 0.587. The van der Waals surface area contributed by atoms with Gasteiger partial charge in [0.1, 0.15) is 0 Å². The lowest BCUT2D eigenvalue weighted by Crippen LogP contribution is -2.31. The minimum Gasteiger partial charge on any atom is -0.362 e. The molecule has 0 unspecified atom stereocenters. The molecule has 2 aromatic heterocycles. The summed E-state index contributed by atoms with van der Waals surface area (Å²) in [7, 11) is 0. The molecule has 3 rings (SSSR count). The van der Waals surface area contributed by atoms with Crippen molar-refractivity contribution in [1.29, 1.82) is 0 Å². The van der Waals surface area contributed by atoms with Gasteiger partial charge >= 0.3 is 0 Å². The van der Waals surface area contributed by atoms with E-state index in [0.717, 1.165) is 26.1 Å². The van der Waals surface area contributed by atoms with Gasteiger partial charge in [0.25, 0.3) is 0 Å². The van der Waals surface area contributed by atoms with Crippen molar-refractivity contribution in [3.63, 3.8) is 0 Å². The predicted molar refractivity (Wildman–Crippen MR) is 77.5 cm³/mol. The van der Waals surface area contributed by atoms with Crippen LogP contribution in [0.5, 0.6) is 0 Å². The molecule has 19 heavy (non-hydrogen) atoms. The first-order valence-corrected chi connectivity index (χ1v) is 6.97. The fourth-order valence-electron chi connectivity index (χ4n) is 2.73. The van der Waals surface area contributed by atoms with E-state index in [1.165, 1.54) is 28.2 Å². The van der Waals surface area contributed by atoms with Crippen molar-refractivity contribution < 1.29 is 0 Å². The van der Waals surface area contributed by atoms with Crippen molar-refractivity contribution in [2.75, 3.05) is 6.54 Å². The number of hydrogen-bond acceptors (Lipinski definition) is 3. The highest BCUT2D eigenvalue weighted by Crippen LogP contribution is 2.19. The standard InChI is InChI=1S/C14H18N4S/c1-9-5-11(10(2)16-9)7-18-4-3-13-12(8-18)6-15-14(19)17-13/h5-6,16H,3-4,7-8H2,1-2H3,(H,15,17,19). The SMILES string of the molecule is Cc1cc(CN2CCc3[nH]c(=S)ncc3C2)c(C)[nH]1. The number of aryl methyl sites for hydroxylation is 2. The Balaban J connectivity index is 1.77. The van der Waals surface area contributed by atoms with E-state index in [2.05, 4.69) is 39.8 Å². The van der Waals surface area contributed by atoms with E-state index in [1.54, 1.807) is 0 Å². The zero-order valence-corrected chi connectivity index (χ0v) is 12.1. The number of nitrogens with zero attached hydrogens (tertiary/aromatic N) is 2. The summed E-state index contributed by atoms with van der Waals surface area (Å²) in [5, 5.41) is 0. The maximum absolute atomic E-state index is 5.07. The molecule has 1 aliphatic rings. The second-order valence-corrected chi connectivity index (χ2v) is 5.64. The summed E-state index contributed by atoms with van der Waals surface area (Å²) in [6.07, 6.45) is 2.93.